The van der Waals surface area contributed by atoms with Gasteiger partial charge in [-0.3, -0.25) is 0 Å². The summed E-state index contributed by atoms with van der Waals surface area (Å²) in [7, 11) is -1.42. The highest BCUT2D eigenvalue weighted by Gasteiger charge is 2.25. The Morgan fingerprint density at radius 3 is 2.14 bits per heavy atom. The first-order valence-corrected chi connectivity index (χ1v) is 7.69. The fourth-order valence-corrected chi connectivity index (χ4v) is 2.90. The molecule has 0 fully saturated rings. The van der Waals surface area contributed by atoms with Crippen molar-refractivity contribution in [2.45, 2.75) is 38.5 Å². The molecule has 1 atom stereocenters. The first-order chi connectivity index (χ1) is 6.34. The Morgan fingerprint density at radius 1 is 1.29 bits per heavy atom. The van der Waals surface area contributed by atoms with Gasteiger partial charge in [0.05, 0.1) is 5.25 Å². The molecule has 0 bridgehead atoms. The zero-order valence-corrected chi connectivity index (χ0v) is 11.3. The lowest BCUT2D eigenvalue weighted by Gasteiger charge is -2.25. The van der Waals surface area contributed by atoms with E-state index >= 15 is 0 Å². The van der Waals surface area contributed by atoms with Gasteiger partial charge in [0.2, 0.25) is 10.0 Å². The van der Waals surface area contributed by atoms with Crippen molar-refractivity contribution in [3.63, 3.8) is 0 Å². The monoisotopic (exact) mass is 239 g/mol. The average Bonchev–Trinajstić information content (AvgIpc) is 2.12. The number of hydrogen-bond donors (Lipinski definition) is 0. The summed E-state index contributed by atoms with van der Waals surface area (Å²) in [6, 6.07) is 0.0925. The fourth-order valence-electron chi connectivity index (χ4n) is 1.05. The minimum atomic E-state index is -3.08. The van der Waals surface area contributed by atoms with E-state index in [4.69, 9.17) is 0 Å². The van der Waals surface area contributed by atoms with E-state index in [1.54, 1.807) is 32.7 Å². The summed E-state index contributed by atoms with van der Waals surface area (Å²) >= 11 is 1.74. The van der Waals surface area contributed by atoms with Crippen LogP contribution < -0.4 is 0 Å². The van der Waals surface area contributed by atoms with E-state index in [2.05, 4.69) is 0 Å². The minimum absolute atomic E-state index is 0.0925. The Kier molecular flexibility index (Phi) is 6.09. The van der Waals surface area contributed by atoms with E-state index in [1.807, 2.05) is 13.2 Å². The van der Waals surface area contributed by atoms with Crippen LogP contribution in [0.3, 0.4) is 0 Å². The molecule has 0 saturated heterocycles. The maximum atomic E-state index is 11.8. The molecule has 5 heteroatoms. The number of sulfonamides is 1. The fraction of sp³-hybridized carbons (Fsp3) is 1.00. The molecule has 3 nitrogen and oxygen atoms in total. The molecule has 1 unspecified atom stereocenters. The van der Waals surface area contributed by atoms with Gasteiger partial charge in [-0.05, 0) is 39.2 Å². The second-order valence-corrected chi connectivity index (χ2v) is 7.27. The number of nitrogens with zero attached hydrogens (tertiary/aromatic N) is 1. The van der Waals surface area contributed by atoms with Crippen LogP contribution in [0, 0.1) is 0 Å². The van der Waals surface area contributed by atoms with Crippen LogP contribution in [0.4, 0.5) is 0 Å². The third-order valence-corrected chi connectivity index (χ3v) is 5.36. The van der Waals surface area contributed by atoms with E-state index < -0.39 is 10.0 Å². The van der Waals surface area contributed by atoms with Crippen LogP contribution in [0.5, 0.6) is 0 Å². The molecule has 86 valence electrons. The van der Waals surface area contributed by atoms with Crippen molar-refractivity contribution in [2.24, 2.45) is 0 Å². The molecule has 0 aliphatic rings. The number of thioether (sulfide) groups is 1. The third kappa shape index (κ3) is 3.79. The molecule has 0 rings (SSSR count). The molecule has 0 N–H and O–H groups in total. The highest BCUT2D eigenvalue weighted by molar-refractivity contribution is 7.98. The van der Waals surface area contributed by atoms with Crippen molar-refractivity contribution in [3.8, 4) is 0 Å². The molecule has 0 saturated carbocycles. The highest BCUT2D eigenvalue weighted by Crippen LogP contribution is 2.13. The second-order valence-electron chi connectivity index (χ2n) is 3.74. The first kappa shape index (κ1) is 14.3. The minimum Gasteiger partial charge on any atom is -0.212 e. The zero-order valence-electron chi connectivity index (χ0n) is 9.65. The van der Waals surface area contributed by atoms with Crippen molar-refractivity contribution in [1.29, 1.82) is 0 Å². The van der Waals surface area contributed by atoms with Gasteiger partial charge in [0.25, 0.3) is 0 Å². The Balaban J connectivity index is 4.38. The SMILES string of the molecule is CSCCC(C)N(C)S(=O)(=O)C(C)C. The van der Waals surface area contributed by atoms with Crippen LogP contribution in [0.1, 0.15) is 27.2 Å². The smallest absolute Gasteiger partial charge is 0.212 e. The molecule has 0 radical (unpaired) electrons. The molecule has 14 heavy (non-hydrogen) atoms. The Morgan fingerprint density at radius 2 is 1.79 bits per heavy atom. The summed E-state index contributed by atoms with van der Waals surface area (Å²) in [4.78, 5) is 0. The van der Waals surface area contributed by atoms with Crippen molar-refractivity contribution >= 4 is 21.8 Å². The van der Waals surface area contributed by atoms with Gasteiger partial charge < -0.3 is 0 Å². The quantitative estimate of drug-likeness (QED) is 0.709. The third-order valence-electron chi connectivity index (χ3n) is 2.36. The van der Waals surface area contributed by atoms with Gasteiger partial charge in [0.1, 0.15) is 0 Å². The van der Waals surface area contributed by atoms with Gasteiger partial charge in [-0.25, -0.2) is 12.7 Å². The maximum absolute atomic E-state index is 11.8. The van der Waals surface area contributed by atoms with Gasteiger partial charge in [-0.15, -0.1) is 0 Å². The van der Waals surface area contributed by atoms with Crippen LogP contribution >= 0.6 is 11.8 Å². The molecule has 0 aromatic rings. The summed E-state index contributed by atoms with van der Waals surface area (Å²) in [6.07, 6.45) is 2.94. The lowest BCUT2D eigenvalue weighted by Crippen LogP contribution is -2.39. The molecule has 0 amide bonds. The number of hydrogen-bond acceptors (Lipinski definition) is 3. The van der Waals surface area contributed by atoms with Crippen LogP contribution in [0.25, 0.3) is 0 Å². The van der Waals surface area contributed by atoms with Crippen molar-refractivity contribution < 1.29 is 8.42 Å². The molecular formula is C9H21NO2S2. The number of rotatable bonds is 6. The van der Waals surface area contributed by atoms with Gasteiger partial charge in [0, 0.05) is 13.1 Å². The summed E-state index contributed by atoms with van der Waals surface area (Å²) in [5, 5.41) is -0.329. The Hall–Kier alpha value is 0.260. The molecule has 0 spiro atoms. The zero-order chi connectivity index (χ0) is 11.4. The molecule has 0 aromatic carbocycles. The van der Waals surface area contributed by atoms with Crippen LogP contribution in [0.2, 0.25) is 0 Å². The lowest BCUT2D eigenvalue weighted by molar-refractivity contribution is 0.378. The van der Waals surface area contributed by atoms with Crippen molar-refractivity contribution in [3.05, 3.63) is 0 Å². The van der Waals surface area contributed by atoms with Crippen LogP contribution in [-0.4, -0.2) is 43.1 Å². The van der Waals surface area contributed by atoms with E-state index in [0.717, 1.165) is 12.2 Å². The molecule has 0 heterocycles. The van der Waals surface area contributed by atoms with Gasteiger partial charge in [-0.2, -0.15) is 11.8 Å². The van der Waals surface area contributed by atoms with Crippen LogP contribution in [-0.2, 0) is 10.0 Å². The summed E-state index contributed by atoms with van der Waals surface area (Å²) < 4.78 is 25.0. The predicted molar refractivity (Wildman–Crippen MR) is 64.3 cm³/mol. The van der Waals surface area contributed by atoms with Gasteiger partial charge >= 0.3 is 0 Å². The molecule has 0 aliphatic carbocycles. The topological polar surface area (TPSA) is 37.4 Å². The predicted octanol–water partition coefficient (Wildman–Crippen LogP) is 1.80. The molecular weight excluding hydrogens is 218 g/mol. The maximum Gasteiger partial charge on any atom is 0.216 e. The van der Waals surface area contributed by atoms with Crippen molar-refractivity contribution in [1.82, 2.24) is 4.31 Å². The highest BCUT2D eigenvalue weighted by atomic mass is 32.2. The molecule has 0 aromatic heterocycles. The van der Waals surface area contributed by atoms with E-state index in [0.29, 0.717) is 0 Å². The Bertz CT molecular complexity index is 250. The Labute approximate surface area is 92.3 Å². The van der Waals surface area contributed by atoms with E-state index in [9.17, 15) is 8.42 Å². The van der Waals surface area contributed by atoms with Crippen molar-refractivity contribution in [2.75, 3.05) is 19.1 Å². The van der Waals surface area contributed by atoms with E-state index in [1.165, 1.54) is 4.31 Å². The summed E-state index contributed by atoms with van der Waals surface area (Å²) in [5.74, 6) is 0.999. The second kappa shape index (κ2) is 5.98. The summed E-state index contributed by atoms with van der Waals surface area (Å²) in [6.45, 7) is 5.39. The van der Waals surface area contributed by atoms with Gasteiger partial charge in [0.15, 0.2) is 0 Å². The average molecular weight is 239 g/mol. The standard InChI is InChI=1S/C9H21NO2S2/c1-8(2)14(11,12)10(4)9(3)6-7-13-5/h8-9H,6-7H2,1-5H3. The normalized spacial score (nSPS) is 15.1. The lowest BCUT2D eigenvalue weighted by atomic mass is 10.3. The first-order valence-electron chi connectivity index (χ1n) is 4.79. The summed E-state index contributed by atoms with van der Waals surface area (Å²) in [5.41, 5.74) is 0. The largest absolute Gasteiger partial charge is 0.216 e. The van der Waals surface area contributed by atoms with E-state index in [-0.39, 0.29) is 11.3 Å². The molecule has 0 aliphatic heterocycles. The van der Waals surface area contributed by atoms with Gasteiger partial charge in [-0.1, -0.05) is 0 Å². The van der Waals surface area contributed by atoms with Crippen LogP contribution in [0.15, 0.2) is 0 Å².